The minimum atomic E-state index is -2.88. The van der Waals surface area contributed by atoms with Crippen LogP contribution in [0, 0.1) is 5.92 Å². The Morgan fingerprint density at radius 3 is 2.71 bits per heavy atom. The predicted molar refractivity (Wildman–Crippen MR) is 73.3 cm³/mol. The maximum Gasteiger partial charge on any atom is 0.387 e. The van der Waals surface area contributed by atoms with Gasteiger partial charge in [-0.15, -0.1) is 0 Å². The first kappa shape index (κ1) is 14.7. The largest absolute Gasteiger partial charge is 0.434 e. The molecule has 1 saturated heterocycles. The van der Waals surface area contributed by atoms with E-state index in [1.165, 1.54) is 6.07 Å². The van der Waals surface area contributed by atoms with Crippen molar-refractivity contribution in [2.45, 2.75) is 50.4 Å². The Labute approximate surface area is 122 Å². The van der Waals surface area contributed by atoms with Gasteiger partial charge in [-0.1, -0.05) is 18.2 Å². The van der Waals surface area contributed by atoms with Gasteiger partial charge in [0.25, 0.3) is 0 Å². The van der Waals surface area contributed by atoms with Crippen molar-refractivity contribution in [2.24, 2.45) is 5.92 Å². The molecule has 2 unspecified atom stereocenters. The van der Waals surface area contributed by atoms with Crippen LogP contribution in [0.3, 0.4) is 0 Å². The van der Waals surface area contributed by atoms with Crippen molar-refractivity contribution >= 4 is 0 Å². The maximum atomic E-state index is 12.5. The molecule has 1 aromatic carbocycles. The number of rotatable bonds is 4. The van der Waals surface area contributed by atoms with Crippen LogP contribution in [-0.4, -0.2) is 23.9 Å². The van der Waals surface area contributed by atoms with Gasteiger partial charge in [0.05, 0.1) is 11.7 Å². The average molecular weight is 298 g/mol. The van der Waals surface area contributed by atoms with Crippen molar-refractivity contribution in [3.63, 3.8) is 0 Å². The molecule has 3 rings (SSSR count). The molecule has 0 aromatic heterocycles. The maximum absolute atomic E-state index is 12.5. The summed E-state index contributed by atoms with van der Waals surface area (Å²) in [5.74, 6) is 0.0932. The first-order valence-electron chi connectivity index (χ1n) is 7.45. The van der Waals surface area contributed by atoms with Crippen LogP contribution in [0.15, 0.2) is 24.3 Å². The van der Waals surface area contributed by atoms with Crippen LogP contribution in [0.2, 0.25) is 0 Å². The van der Waals surface area contributed by atoms with E-state index in [2.05, 4.69) is 4.74 Å². The molecule has 116 valence electrons. The molecule has 3 nitrogen and oxygen atoms in total. The highest BCUT2D eigenvalue weighted by atomic mass is 19.3. The van der Waals surface area contributed by atoms with Gasteiger partial charge in [0.1, 0.15) is 5.75 Å². The molecule has 2 fully saturated rings. The summed E-state index contributed by atoms with van der Waals surface area (Å²) < 4.78 is 35.3. The van der Waals surface area contributed by atoms with Crippen LogP contribution in [-0.2, 0) is 4.74 Å². The molecule has 0 amide bonds. The molecule has 1 spiro atoms. The van der Waals surface area contributed by atoms with Crippen molar-refractivity contribution in [1.29, 1.82) is 0 Å². The van der Waals surface area contributed by atoms with Crippen molar-refractivity contribution in [3.8, 4) is 5.75 Å². The number of aliphatic hydroxyl groups excluding tert-OH is 1. The van der Waals surface area contributed by atoms with Crippen LogP contribution in [0.4, 0.5) is 8.78 Å². The molecule has 1 N–H and O–H groups in total. The van der Waals surface area contributed by atoms with E-state index < -0.39 is 12.7 Å². The van der Waals surface area contributed by atoms with Gasteiger partial charge in [0, 0.05) is 12.2 Å². The first-order valence-corrected chi connectivity index (χ1v) is 7.45. The molecule has 0 bridgehead atoms. The van der Waals surface area contributed by atoms with Gasteiger partial charge in [-0.25, -0.2) is 0 Å². The normalized spacial score (nSPS) is 25.6. The van der Waals surface area contributed by atoms with Crippen LogP contribution in [0.1, 0.15) is 43.8 Å². The van der Waals surface area contributed by atoms with E-state index in [1.54, 1.807) is 18.2 Å². The lowest BCUT2D eigenvalue weighted by atomic mass is 9.70. The summed E-state index contributed by atoms with van der Waals surface area (Å²) in [6.07, 6.45) is 3.97. The van der Waals surface area contributed by atoms with E-state index in [1.807, 2.05) is 0 Å². The van der Waals surface area contributed by atoms with Gasteiger partial charge in [-0.05, 0) is 44.1 Å². The van der Waals surface area contributed by atoms with E-state index in [4.69, 9.17) is 4.74 Å². The average Bonchev–Trinajstić information content (AvgIpc) is 2.45. The number of aliphatic hydroxyl groups is 1. The summed E-state index contributed by atoms with van der Waals surface area (Å²) in [4.78, 5) is 0. The van der Waals surface area contributed by atoms with Crippen LogP contribution in [0.25, 0.3) is 0 Å². The summed E-state index contributed by atoms with van der Waals surface area (Å²) >= 11 is 0. The summed E-state index contributed by atoms with van der Waals surface area (Å²) in [7, 11) is 0. The Bertz CT molecular complexity index is 488. The minimum Gasteiger partial charge on any atom is -0.434 e. The fourth-order valence-electron chi connectivity index (χ4n) is 3.44. The third-order valence-corrected chi connectivity index (χ3v) is 4.70. The van der Waals surface area contributed by atoms with Gasteiger partial charge in [-0.3, -0.25) is 0 Å². The van der Waals surface area contributed by atoms with Crippen LogP contribution >= 0.6 is 0 Å². The van der Waals surface area contributed by atoms with Gasteiger partial charge in [0.15, 0.2) is 0 Å². The highest BCUT2D eigenvalue weighted by molar-refractivity contribution is 5.35. The van der Waals surface area contributed by atoms with Gasteiger partial charge < -0.3 is 14.6 Å². The van der Waals surface area contributed by atoms with Crippen molar-refractivity contribution in [1.82, 2.24) is 0 Å². The zero-order valence-electron chi connectivity index (χ0n) is 11.8. The topological polar surface area (TPSA) is 38.7 Å². The predicted octanol–water partition coefficient (Wildman–Crippen LogP) is 3.67. The molecule has 2 atom stereocenters. The molecule has 5 heteroatoms. The van der Waals surface area contributed by atoms with Gasteiger partial charge in [-0.2, -0.15) is 8.78 Å². The van der Waals surface area contributed by atoms with E-state index in [0.717, 1.165) is 32.1 Å². The molecule has 1 saturated carbocycles. The second-order valence-electron chi connectivity index (χ2n) is 6.00. The number of halogens is 2. The Morgan fingerprint density at radius 2 is 2.05 bits per heavy atom. The number of ether oxygens (including phenoxy) is 2. The zero-order chi connectivity index (χ0) is 14.9. The molecule has 1 aliphatic carbocycles. The molecule has 21 heavy (non-hydrogen) atoms. The minimum absolute atomic E-state index is 0.0291. The van der Waals surface area contributed by atoms with Gasteiger partial charge in [0.2, 0.25) is 0 Å². The molecule has 1 heterocycles. The lowest BCUT2D eigenvalue weighted by Gasteiger charge is -2.48. The van der Waals surface area contributed by atoms with E-state index >= 15 is 0 Å². The summed E-state index contributed by atoms with van der Waals surface area (Å²) in [5.41, 5.74) is 0.363. The zero-order valence-corrected chi connectivity index (χ0v) is 11.8. The molecule has 1 aromatic rings. The molecule has 0 radical (unpaired) electrons. The lowest BCUT2D eigenvalue weighted by molar-refractivity contribution is -0.157. The van der Waals surface area contributed by atoms with E-state index in [-0.39, 0.29) is 17.3 Å². The highest BCUT2D eigenvalue weighted by Gasteiger charge is 2.44. The van der Waals surface area contributed by atoms with E-state index in [9.17, 15) is 13.9 Å². The molecular formula is C16H20F2O3. The van der Waals surface area contributed by atoms with Crippen molar-refractivity contribution < 1.29 is 23.4 Å². The monoisotopic (exact) mass is 298 g/mol. The number of benzene rings is 1. The second-order valence-corrected chi connectivity index (χ2v) is 6.00. The van der Waals surface area contributed by atoms with Crippen LogP contribution < -0.4 is 4.74 Å². The Hall–Kier alpha value is -1.20. The lowest BCUT2D eigenvalue weighted by Crippen LogP contribution is -2.46. The quantitative estimate of drug-likeness (QED) is 0.921. The molecule has 2 aliphatic rings. The fourth-order valence-corrected chi connectivity index (χ4v) is 3.44. The number of hydrogen-bond acceptors (Lipinski definition) is 3. The molecule has 1 aliphatic heterocycles. The first-order chi connectivity index (χ1) is 10.1. The Morgan fingerprint density at radius 1 is 1.29 bits per heavy atom. The third-order valence-electron chi connectivity index (χ3n) is 4.70. The SMILES string of the molecule is OC(c1ccccc1OC(F)F)C1CCOC2(CCC2)C1. The summed E-state index contributed by atoms with van der Waals surface area (Å²) in [6, 6.07) is 6.50. The number of alkyl halides is 2. The van der Waals surface area contributed by atoms with Crippen molar-refractivity contribution in [3.05, 3.63) is 29.8 Å². The number of para-hydroxylation sites is 1. The Balaban J connectivity index is 1.76. The summed E-state index contributed by atoms with van der Waals surface area (Å²) in [5, 5.41) is 10.6. The Kier molecular flexibility index (Phi) is 4.13. The highest BCUT2D eigenvalue weighted by Crippen LogP contribution is 2.48. The summed E-state index contributed by atoms with van der Waals surface area (Å²) in [6.45, 7) is -2.26. The number of hydrogen-bond donors (Lipinski definition) is 1. The fraction of sp³-hybridized carbons (Fsp3) is 0.625. The van der Waals surface area contributed by atoms with Gasteiger partial charge >= 0.3 is 6.61 Å². The second kappa shape index (κ2) is 5.89. The smallest absolute Gasteiger partial charge is 0.387 e. The molecular weight excluding hydrogens is 278 g/mol. The van der Waals surface area contributed by atoms with E-state index in [0.29, 0.717) is 12.2 Å². The third kappa shape index (κ3) is 3.04. The van der Waals surface area contributed by atoms with Crippen molar-refractivity contribution in [2.75, 3.05) is 6.61 Å². The standard InChI is InChI=1S/C16H20F2O3/c17-15(18)21-13-5-2-1-4-12(13)14(19)11-6-9-20-16(10-11)7-3-8-16/h1-2,4-5,11,14-15,19H,3,6-10H2. The van der Waals surface area contributed by atoms with Crippen LogP contribution in [0.5, 0.6) is 5.75 Å².